The molecule has 114 valence electrons. The number of aryl methyl sites for hydroxylation is 2. The number of rotatable bonds is 2. The Morgan fingerprint density at radius 3 is 2.45 bits per heavy atom. The maximum absolute atomic E-state index is 12.5. The molecule has 0 aliphatic heterocycles. The molecular weight excluding hydrogens is 302 g/mol. The number of hydrogen-bond donors (Lipinski definition) is 1. The minimum atomic E-state index is -0.186. The lowest BCUT2D eigenvalue weighted by atomic mass is 10.1. The maximum Gasteiger partial charge on any atom is 0.275 e. The van der Waals surface area contributed by atoms with E-state index in [-0.39, 0.29) is 17.2 Å². The minimum Gasteiger partial charge on any atom is -0.305 e. The van der Waals surface area contributed by atoms with Gasteiger partial charge in [0.25, 0.3) is 11.1 Å². The van der Waals surface area contributed by atoms with Gasteiger partial charge in [-0.1, -0.05) is 23.7 Å². The third-order valence-electron chi connectivity index (χ3n) is 4.04. The number of nitrogens with one attached hydrogen (secondary N) is 1. The van der Waals surface area contributed by atoms with Crippen LogP contribution in [-0.4, -0.2) is 14.3 Å². The number of aromatic nitrogens is 3. The van der Waals surface area contributed by atoms with E-state index in [1.165, 1.54) is 10.7 Å². The van der Waals surface area contributed by atoms with Crippen LogP contribution in [0.5, 0.6) is 0 Å². The topological polar surface area (TPSA) is 59.8 Å². The molecule has 3 aromatic rings. The molecule has 5 nitrogen and oxygen atoms in total. The highest BCUT2D eigenvalue weighted by Gasteiger charge is 2.17. The molecule has 1 atom stereocenters. The summed E-state index contributed by atoms with van der Waals surface area (Å²) in [6.45, 7) is 3.73. The molecule has 22 heavy (non-hydrogen) atoms. The normalized spacial score (nSPS) is 12.7. The first-order chi connectivity index (χ1) is 10.4. The summed E-state index contributed by atoms with van der Waals surface area (Å²) in [6.07, 6.45) is 0. The van der Waals surface area contributed by atoms with Crippen LogP contribution >= 0.6 is 11.6 Å². The van der Waals surface area contributed by atoms with Crippen molar-refractivity contribution in [2.75, 3.05) is 0 Å². The van der Waals surface area contributed by atoms with E-state index in [1.807, 2.05) is 19.1 Å². The van der Waals surface area contributed by atoms with Crippen molar-refractivity contribution in [2.45, 2.75) is 19.9 Å². The van der Waals surface area contributed by atoms with Gasteiger partial charge in [0.1, 0.15) is 0 Å². The Hall–Kier alpha value is -2.27. The Balaban J connectivity index is 2.26. The van der Waals surface area contributed by atoms with Gasteiger partial charge >= 0.3 is 0 Å². The van der Waals surface area contributed by atoms with Gasteiger partial charge in [0.2, 0.25) is 0 Å². The first kappa shape index (κ1) is 14.7. The smallest absolute Gasteiger partial charge is 0.275 e. The third-order valence-corrected chi connectivity index (χ3v) is 4.30. The monoisotopic (exact) mass is 317 g/mol. The number of hydrogen-bond acceptors (Lipinski definition) is 2. The molecule has 0 saturated heterocycles. The Morgan fingerprint density at radius 1 is 1.18 bits per heavy atom. The average molecular weight is 318 g/mol. The van der Waals surface area contributed by atoms with Crippen LogP contribution in [-0.2, 0) is 7.05 Å². The number of H-pyrrole nitrogens is 1. The molecular formula is C16H16ClN3O2. The first-order valence-electron chi connectivity index (χ1n) is 6.96. The summed E-state index contributed by atoms with van der Waals surface area (Å²) in [5.41, 5.74) is 1.90. The summed E-state index contributed by atoms with van der Waals surface area (Å²) in [5, 5.41) is 4.09. The third kappa shape index (κ3) is 2.18. The quantitative estimate of drug-likeness (QED) is 0.789. The lowest BCUT2D eigenvalue weighted by Crippen LogP contribution is -2.26. The second kappa shape index (κ2) is 5.18. The zero-order valence-electron chi connectivity index (χ0n) is 12.6. The van der Waals surface area contributed by atoms with Gasteiger partial charge in [-0.2, -0.15) is 0 Å². The van der Waals surface area contributed by atoms with Gasteiger partial charge in [-0.3, -0.25) is 19.4 Å². The SMILES string of the molecule is Cc1c2c(=O)n(C)[nH]c2cc(=O)n1C(C)c1ccc(Cl)cc1. The van der Waals surface area contributed by atoms with Crippen LogP contribution in [0.2, 0.25) is 5.02 Å². The Labute approximate surface area is 131 Å². The van der Waals surface area contributed by atoms with Crippen LogP contribution in [0, 0.1) is 6.92 Å². The number of fused-ring (bicyclic) bond motifs is 1. The van der Waals surface area contributed by atoms with Gasteiger partial charge in [-0.15, -0.1) is 0 Å². The van der Waals surface area contributed by atoms with Crippen molar-refractivity contribution in [3.63, 3.8) is 0 Å². The van der Waals surface area contributed by atoms with Crippen LogP contribution < -0.4 is 11.1 Å². The standard InChI is InChI=1S/C16H16ClN3O2/c1-9(11-4-6-12(17)7-5-11)20-10(2)15-13(8-14(20)21)18-19(3)16(15)22/h4-9,18H,1-3H3. The second-order valence-corrected chi connectivity index (χ2v) is 5.87. The zero-order valence-corrected chi connectivity index (χ0v) is 13.3. The van der Waals surface area contributed by atoms with E-state index in [2.05, 4.69) is 5.10 Å². The summed E-state index contributed by atoms with van der Waals surface area (Å²) >= 11 is 5.91. The van der Waals surface area contributed by atoms with Crippen molar-refractivity contribution in [3.8, 4) is 0 Å². The van der Waals surface area contributed by atoms with E-state index in [4.69, 9.17) is 11.6 Å². The maximum atomic E-state index is 12.5. The Morgan fingerprint density at radius 2 is 1.82 bits per heavy atom. The highest BCUT2D eigenvalue weighted by Crippen LogP contribution is 2.22. The van der Waals surface area contributed by atoms with Crippen LogP contribution in [0.25, 0.3) is 10.9 Å². The minimum absolute atomic E-state index is 0.135. The van der Waals surface area contributed by atoms with Gasteiger partial charge < -0.3 is 4.57 Å². The van der Waals surface area contributed by atoms with Gasteiger partial charge in [-0.25, -0.2) is 0 Å². The molecule has 0 radical (unpaired) electrons. The summed E-state index contributed by atoms with van der Waals surface area (Å²) in [4.78, 5) is 24.7. The second-order valence-electron chi connectivity index (χ2n) is 5.43. The van der Waals surface area contributed by atoms with Gasteiger partial charge in [-0.05, 0) is 31.5 Å². The van der Waals surface area contributed by atoms with Crippen molar-refractivity contribution < 1.29 is 0 Å². The highest BCUT2D eigenvalue weighted by atomic mass is 35.5. The lowest BCUT2D eigenvalue weighted by Gasteiger charge is -2.18. The molecule has 3 rings (SSSR count). The highest BCUT2D eigenvalue weighted by molar-refractivity contribution is 6.30. The summed E-state index contributed by atoms with van der Waals surface area (Å²) in [6, 6.07) is 8.64. The molecule has 0 spiro atoms. The van der Waals surface area contributed by atoms with Crippen molar-refractivity contribution in [1.82, 2.24) is 14.3 Å². The van der Waals surface area contributed by atoms with E-state index in [1.54, 1.807) is 30.7 Å². The Bertz CT molecular complexity index is 964. The zero-order chi connectivity index (χ0) is 16.0. The number of pyridine rings is 1. The molecule has 0 aliphatic carbocycles. The molecule has 0 amide bonds. The number of halogens is 1. The van der Waals surface area contributed by atoms with Crippen LogP contribution in [0.15, 0.2) is 39.9 Å². The predicted molar refractivity (Wildman–Crippen MR) is 87.8 cm³/mol. The largest absolute Gasteiger partial charge is 0.305 e. The van der Waals surface area contributed by atoms with Crippen molar-refractivity contribution in [1.29, 1.82) is 0 Å². The Kier molecular flexibility index (Phi) is 3.45. The summed E-state index contributed by atoms with van der Waals surface area (Å²) < 4.78 is 3.02. The van der Waals surface area contributed by atoms with Gasteiger partial charge in [0.15, 0.2) is 0 Å². The fraction of sp³-hybridized carbons (Fsp3) is 0.250. The van der Waals surface area contributed by atoms with Crippen molar-refractivity contribution >= 4 is 22.5 Å². The number of benzene rings is 1. The fourth-order valence-corrected chi connectivity index (χ4v) is 3.00. The molecule has 6 heteroatoms. The van der Waals surface area contributed by atoms with Gasteiger partial charge in [0, 0.05) is 23.8 Å². The van der Waals surface area contributed by atoms with Crippen molar-refractivity contribution in [2.24, 2.45) is 7.05 Å². The molecule has 1 unspecified atom stereocenters. The van der Waals surface area contributed by atoms with Crippen LogP contribution in [0.4, 0.5) is 0 Å². The first-order valence-corrected chi connectivity index (χ1v) is 7.34. The molecule has 2 aromatic heterocycles. The van der Waals surface area contributed by atoms with E-state index < -0.39 is 0 Å². The molecule has 0 saturated carbocycles. The van der Waals surface area contributed by atoms with E-state index in [9.17, 15) is 9.59 Å². The predicted octanol–water partition coefficient (Wildman–Crippen LogP) is 2.60. The fourth-order valence-electron chi connectivity index (χ4n) is 2.87. The molecule has 0 aliphatic rings. The molecule has 1 aromatic carbocycles. The van der Waals surface area contributed by atoms with Crippen molar-refractivity contribution in [3.05, 3.63) is 67.3 Å². The number of aromatic amines is 1. The van der Waals surface area contributed by atoms with Gasteiger partial charge in [0.05, 0.1) is 16.9 Å². The molecule has 0 fully saturated rings. The molecule has 1 N–H and O–H groups in total. The summed E-state index contributed by atoms with van der Waals surface area (Å²) in [5.74, 6) is 0. The van der Waals surface area contributed by atoms with Crippen LogP contribution in [0.1, 0.15) is 24.2 Å². The lowest BCUT2D eigenvalue weighted by molar-refractivity contribution is 0.602. The number of nitrogens with zero attached hydrogens (tertiary/aromatic N) is 2. The molecule has 2 heterocycles. The van der Waals surface area contributed by atoms with Crippen LogP contribution in [0.3, 0.4) is 0 Å². The average Bonchev–Trinajstić information content (AvgIpc) is 2.74. The van der Waals surface area contributed by atoms with E-state index in [0.29, 0.717) is 21.6 Å². The van der Waals surface area contributed by atoms with E-state index >= 15 is 0 Å². The summed E-state index contributed by atoms with van der Waals surface area (Å²) in [7, 11) is 1.64. The van der Waals surface area contributed by atoms with E-state index in [0.717, 1.165) is 5.56 Å². The molecule has 0 bridgehead atoms.